The lowest BCUT2D eigenvalue weighted by molar-refractivity contribution is -0.137. The Morgan fingerprint density at radius 2 is 1.96 bits per heavy atom. The van der Waals surface area contributed by atoms with E-state index in [4.69, 9.17) is 5.14 Å². The lowest BCUT2D eigenvalue weighted by Gasteiger charge is -2.33. The normalized spacial score (nSPS) is 20.9. The topological polar surface area (TPSA) is 113 Å². The van der Waals surface area contributed by atoms with Gasteiger partial charge in [-0.2, -0.15) is 0 Å². The number of nitrogens with two attached hydrogens (primary N) is 1. The summed E-state index contributed by atoms with van der Waals surface area (Å²) in [6.07, 6.45) is 2.08. The summed E-state index contributed by atoms with van der Waals surface area (Å²) in [5.74, 6) is 0.0274. The van der Waals surface area contributed by atoms with Crippen LogP contribution in [0.4, 0.5) is 5.69 Å². The second-order valence-electron chi connectivity index (χ2n) is 7.27. The van der Waals surface area contributed by atoms with Crippen molar-refractivity contribution in [2.24, 2.45) is 17.0 Å². The molecule has 8 nitrogen and oxygen atoms in total. The van der Waals surface area contributed by atoms with Crippen molar-refractivity contribution in [1.82, 2.24) is 10.2 Å². The standard InChI is InChI=1S/C18H26N4O4S.ClH/c1-20-11-13-5-7-21(8-6-13)18(24)14-9-17(23)22(12-14)15-3-2-4-16(10-15)27(19,25)26;/h2-4,10,13-14,20H,5-9,11-12H2,1H3,(H2,19,25,26);1H. The van der Waals surface area contributed by atoms with Crippen LogP contribution in [0, 0.1) is 11.8 Å². The molecule has 1 unspecified atom stereocenters. The molecule has 1 aromatic rings. The minimum absolute atomic E-state index is 0. The maximum atomic E-state index is 12.8. The summed E-state index contributed by atoms with van der Waals surface area (Å²) in [5.41, 5.74) is 0.453. The van der Waals surface area contributed by atoms with Crippen LogP contribution in [0.1, 0.15) is 19.3 Å². The van der Waals surface area contributed by atoms with Crippen LogP contribution < -0.4 is 15.4 Å². The largest absolute Gasteiger partial charge is 0.342 e. The van der Waals surface area contributed by atoms with Gasteiger partial charge in [0.25, 0.3) is 0 Å². The van der Waals surface area contributed by atoms with Crippen LogP contribution in [0.5, 0.6) is 0 Å². The van der Waals surface area contributed by atoms with Crippen LogP contribution in [0.3, 0.4) is 0 Å². The van der Waals surface area contributed by atoms with E-state index in [9.17, 15) is 18.0 Å². The van der Waals surface area contributed by atoms with Crippen molar-refractivity contribution in [3.05, 3.63) is 24.3 Å². The summed E-state index contributed by atoms with van der Waals surface area (Å²) in [7, 11) is -1.92. The highest BCUT2D eigenvalue weighted by Crippen LogP contribution is 2.29. The fourth-order valence-corrected chi connectivity index (χ4v) is 4.41. The number of amides is 2. The first-order valence-corrected chi connectivity index (χ1v) is 10.7. The van der Waals surface area contributed by atoms with Crippen molar-refractivity contribution in [3.63, 3.8) is 0 Å². The highest BCUT2D eigenvalue weighted by Gasteiger charge is 2.38. The monoisotopic (exact) mass is 430 g/mol. The van der Waals surface area contributed by atoms with E-state index in [0.717, 1.165) is 32.5 Å². The quantitative estimate of drug-likeness (QED) is 0.708. The number of carbonyl (C=O) groups is 2. The van der Waals surface area contributed by atoms with Gasteiger partial charge in [-0.15, -0.1) is 12.4 Å². The van der Waals surface area contributed by atoms with Gasteiger partial charge in [-0.3, -0.25) is 9.59 Å². The Hall–Kier alpha value is -1.68. The van der Waals surface area contributed by atoms with Gasteiger partial charge in [-0.25, -0.2) is 13.6 Å². The molecule has 0 saturated carbocycles. The minimum atomic E-state index is -3.85. The smallest absolute Gasteiger partial charge is 0.238 e. The van der Waals surface area contributed by atoms with E-state index in [1.807, 2.05) is 11.9 Å². The van der Waals surface area contributed by atoms with Crippen LogP contribution in [0.25, 0.3) is 0 Å². The zero-order valence-electron chi connectivity index (χ0n) is 15.8. The van der Waals surface area contributed by atoms with E-state index in [-0.39, 0.29) is 42.1 Å². The number of sulfonamides is 1. The number of primary sulfonamides is 1. The van der Waals surface area contributed by atoms with Gasteiger partial charge in [0.1, 0.15) is 0 Å². The molecular weight excluding hydrogens is 404 g/mol. The highest BCUT2D eigenvalue weighted by atomic mass is 35.5. The molecule has 3 rings (SSSR count). The molecule has 28 heavy (non-hydrogen) atoms. The fraction of sp³-hybridized carbons (Fsp3) is 0.556. The van der Waals surface area contributed by atoms with E-state index < -0.39 is 15.9 Å². The number of hydrogen-bond donors (Lipinski definition) is 2. The third-order valence-corrected chi connectivity index (χ3v) is 6.26. The molecule has 10 heteroatoms. The van der Waals surface area contributed by atoms with Crippen molar-refractivity contribution in [2.45, 2.75) is 24.2 Å². The molecule has 2 fully saturated rings. The van der Waals surface area contributed by atoms with Crippen molar-refractivity contribution in [1.29, 1.82) is 0 Å². The van der Waals surface area contributed by atoms with E-state index in [2.05, 4.69) is 5.32 Å². The molecule has 1 atom stereocenters. The average Bonchev–Trinajstić information content (AvgIpc) is 3.03. The van der Waals surface area contributed by atoms with Gasteiger partial charge in [-0.05, 0) is 50.6 Å². The van der Waals surface area contributed by atoms with Crippen LogP contribution in [-0.4, -0.2) is 58.4 Å². The summed E-state index contributed by atoms with van der Waals surface area (Å²) >= 11 is 0. The highest BCUT2D eigenvalue weighted by molar-refractivity contribution is 7.89. The number of rotatable bonds is 5. The lowest BCUT2D eigenvalue weighted by Crippen LogP contribution is -2.43. The third kappa shape index (κ3) is 5.02. The van der Waals surface area contributed by atoms with Crippen molar-refractivity contribution in [3.8, 4) is 0 Å². The second kappa shape index (κ2) is 9.21. The molecule has 0 radical (unpaired) electrons. The first-order valence-electron chi connectivity index (χ1n) is 9.16. The summed E-state index contributed by atoms with van der Waals surface area (Å²) in [4.78, 5) is 28.6. The number of likely N-dealkylation sites (tertiary alicyclic amines) is 1. The minimum Gasteiger partial charge on any atom is -0.342 e. The number of anilines is 1. The van der Waals surface area contributed by atoms with E-state index >= 15 is 0 Å². The number of benzene rings is 1. The number of carbonyl (C=O) groups excluding carboxylic acids is 2. The van der Waals surface area contributed by atoms with E-state index in [0.29, 0.717) is 11.6 Å². The predicted molar refractivity (Wildman–Crippen MR) is 109 cm³/mol. The van der Waals surface area contributed by atoms with Gasteiger partial charge >= 0.3 is 0 Å². The molecule has 0 spiro atoms. The van der Waals surface area contributed by atoms with Crippen molar-refractivity contribution < 1.29 is 18.0 Å². The zero-order valence-corrected chi connectivity index (χ0v) is 17.5. The summed E-state index contributed by atoms with van der Waals surface area (Å²) in [6, 6.07) is 5.97. The Balaban J connectivity index is 0.00000280. The Morgan fingerprint density at radius 3 is 2.57 bits per heavy atom. The Kier molecular flexibility index (Phi) is 7.44. The van der Waals surface area contributed by atoms with Gasteiger partial charge in [0.2, 0.25) is 21.8 Å². The van der Waals surface area contributed by atoms with Gasteiger partial charge < -0.3 is 15.1 Å². The molecule has 2 amide bonds. The van der Waals surface area contributed by atoms with Gasteiger partial charge in [-0.1, -0.05) is 6.07 Å². The SMILES string of the molecule is CNCC1CCN(C(=O)C2CC(=O)N(c3cccc(S(N)(=O)=O)c3)C2)CC1.Cl. The number of nitrogens with one attached hydrogen (secondary N) is 1. The molecule has 0 aromatic heterocycles. The molecule has 0 bridgehead atoms. The Bertz CT molecular complexity index is 825. The molecule has 156 valence electrons. The first kappa shape index (κ1) is 22.6. The second-order valence-corrected chi connectivity index (χ2v) is 8.84. The summed E-state index contributed by atoms with van der Waals surface area (Å²) < 4.78 is 23.1. The van der Waals surface area contributed by atoms with E-state index in [1.165, 1.54) is 17.0 Å². The maximum Gasteiger partial charge on any atom is 0.238 e. The van der Waals surface area contributed by atoms with Crippen molar-refractivity contribution >= 4 is 39.9 Å². The fourth-order valence-electron chi connectivity index (χ4n) is 3.86. The third-order valence-electron chi connectivity index (χ3n) is 5.35. The number of halogens is 1. The van der Waals surface area contributed by atoms with Gasteiger partial charge in [0, 0.05) is 31.7 Å². The molecule has 2 saturated heterocycles. The lowest BCUT2D eigenvalue weighted by atomic mass is 9.95. The van der Waals surface area contributed by atoms with Crippen LogP contribution >= 0.6 is 12.4 Å². The number of nitrogens with zero attached hydrogens (tertiary/aromatic N) is 2. The zero-order chi connectivity index (χ0) is 19.6. The maximum absolute atomic E-state index is 12.8. The Labute approximate surface area is 171 Å². The number of piperidine rings is 1. The van der Waals surface area contributed by atoms with Crippen molar-refractivity contribution in [2.75, 3.05) is 38.1 Å². The molecule has 1 aromatic carbocycles. The molecule has 0 aliphatic carbocycles. The molecular formula is C18H27ClN4O4S. The molecule has 2 heterocycles. The summed E-state index contributed by atoms with van der Waals surface area (Å²) in [5, 5.41) is 8.34. The molecule has 2 aliphatic rings. The van der Waals surface area contributed by atoms with Gasteiger partial charge in [0.15, 0.2) is 0 Å². The number of hydrogen-bond acceptors (Lipinski definition) is 5. The van der Waals surface area contributed by atoms with Crippen LogP contribution in [0.15, 0.2) is 29.2 Å². The Morgan fingerprint density at radius 1 is 1.29 bits per heavy atom. The average molecular weight is 431 g/mol. The van der Waals surface area contributed by atoms with Crippen LogP contribution in [0.2, 0.25) is 0 Å². The van der Waals surface area contributed by atoms with Crippen LogP contribution in [-0.2, 0) is 19.6 Å². The molecule has 2 aliphatic heterocycles. The first-order chi connectivity index (χ1) is 12.8. The summed E-state index contributed by atoms with van der Waals surface area (Å²) in [6.45, 7) is 2.66. The molecule has 3 N–H and O–H groups in total. The van der Waals surface area contributed by atoms with Gasteiger partial charge in [0.05, 0.1) is 10.8 Å². The van der Waals surface area contributed by atoms with E-state index in [1.54, 1.807) is 12.1 Å². The predicted octanol–water partition coefficient (Wildman–Crippen LogP) is 0.567.